The number of nitrogens with one attached hydrogen (secondary N) is 2. The second kappa shape index (κ2) is 6.58. The smallest absolute Gasteiger partial charge is 0.0217 e. The first-order valence-electron chi connectivity index (χ1n) is 6.98. The van der Waals surface area contributed by atoms with Crippen LogP contribution >= 0.6 is 0 Å². The first kappa shape index (κ1) is 12.3. The number of likely N-dealkylation sites (tertiary alicyclic amines) is 1. The quantitative estimate of drug-likeness (QED) is 0.749. The van der Waals surface area contributed by atoms with Crippen LogP contribution in [0.4, 0.5) is 0 Å². The predicted octanol–water partition coefficient (Wildman–Crippen LogP) is 1.06. The standard InChI is InChI=1S/C13H27N3/c1-16-9-3-2-4-13(16)11-15-10-12-5-7-14-8-6-12/h12-15H,2-11H2,1H3. The van der Waals surface area contributed by atoms with E-state index in [0.29, 0.717) is 0 Å². The summed E-state index contributed by atoms with van der Waals surface area (Å²) in [5.74, 6) is 0.912. The zero-order valence-electron chi connectivity index (χ0n) is 10.7. The van der Waals surface area contributed by atoms with Gasteiger partial charge in [0.1, 0.15) is 0 Å². The molecule has 2 aliphatic heterocycles. The predicted molar refractivity (Wildman–Crippen MR) is 68.7 cm³/mol. The van der Waals surface area contributed by atoms with Gasteiger partial charge in [-0.2, -0.15) is 0 Å². The summed E-state index contributed by atoms with van der Waals surface area (Å²) in [6.45, 7) is 6.15. The van der Waals surface area contributed by atoms with Crippen molar-refractivity contribution in [1.29, 1.82) is 0 Å². The van der Waals surface area contributed by atoms with Crippen molar-refractivity contribution in [3.63, 3.8) is 0 Å². The van der Waals surface area contributed by atoms with Crippen molar-refractivity contribution in [3.05, 3.63) is 0 Å². The third kappa shape index (κ3) is 3.72. The van der Waals surface area contributed by atoms with E-state index in [1.165, 1.54) is 64.8 Å². The van der Waals surface area contributed by atoms with E-state index in [-0.39, 0.29) is 0 Å². The van der Waals surface area contributed by atoms with Gasteiger partial charge in [-0.15, -0.1) is 0 Å². The lowest BCUT2D eigenvalue weighted by Gasteiger charge is -2.33. The van der Waals surface area contributed by atoms with Gasteiger partial charge in [0.05, 0.1) is 0 Å². The maximum absolute atomic E-state index is 3.69. The van der Waals surface area contributed by atoms with E-state index in [0.717, 1.165) is 12.0 Å². The van der Waals surface area contributed by atoms with E-state index in [1.807, 2.05) is 0 Å². The Balaban J connectivity index is 1.59. The largest absolute Gasteiger partial charge is 0.317 e. The van der Waals surface area contributed by atoms with Gasteiger partial charge in [-0.3, -0.25) is 0 Å². The van der Waals surface area contributed by atoms with Gasteiger partial charge in [0, 0.05) is 12.6 Å². The SMILES string of the molecule is CN1CCCCC1CNCC1CCNCC1. The van der Waals surface area contributed by atoms with Crippen LogP contribution in [0.5, 0.6) is 0 Å². The number of hydrogen-bond donors (Lipinski definition) is 2. The fourth-order valence-corrected chi connectivity index (χ4v) is 2.94. The minimum Gasteiger partial charge on any atom is -0.317 e. The molecule has 2 rings (SSSR count). The Morgan fingerprint density at radius 3 is 2.69 bits per heavy atom. The second-order valence-electron chi connectivity index (χ2n) is 5.48. The number of nitrogens with zero attached hydrogens (tertiary/aromatic N) is 1. The molecule has 0 saturated carbocycles. The van der Waals surface area contributed by atoms with E-state index in [4.69, 9.17) is 0 Å². The lowest BCUT2D eigenvalue weighted by atomic mass is 9.97. The Morgan fingerprint density at radius 2 is 1.94 bits per heavy atom. The molecule has 0 spiro atoms. The van der Waals surface area contributed by atoms with Gasteiger partial charge in [-0.1, -0.05) is 6.42 Å². The summed E-state index contributed by atoms with van der Waals surface area (Å²) in [6.07, 6.45) is 6.90. The maximum atomic E-state index is 3.69. The molecule has 0 aromatic heterocycles. The van der Waals surface area contributed by atoms with Crippen molar-refractivity contribution in [2.45, 2.75) is 38.1 Å². The molecule has 94 valence electrons. The fourth-order valence-electron chi connectivity index (χ4n) is 2.94. The highest BCUT2D eigenvalue weighted by atomic mass is 15.2. The lowest BCUT2D eigenvalue weighted by molar-refractivity contribution is 0.179. The van der Waals surface area contributed by atoms with Crippen molar-refractivity contribution < 1.29 is 0 Å². The highest BCUT2D eigenvalue weighted by molar-refractivity contribution is 4.77. The molecule has 0 bridgehead atoms. The van der Waals surface area contributed by atoms with Crippen molar-refractivity contribution in [2.75, 3.05) is 39.8 Å². The molecule has 3 nitrogen and oxygen atoms in total. The molecular formula is C13H27N3. The fraction of sp³-hybridized carbons (Fsp3) is 1.00. The Morgan fingerprint density at radius 1 is 1.12 bits per heavy atom. The van der Waals surface area contributed by atoms with E-state index < -0.39 is 0 Å². The summed E-state index contributed by atoms with van der Waals surface area (Å²) in [7, 11) is 2.27. The average Bonchev–Trinajstić information content (AvgIpc) is 2.33. The molecule has 0 aliphatic carbocycles. The monoisotopic (exact) mass is 225 g/mol. The first-order valence-corrected chi connectivity index (χ1v) is 6.98. The van der Waals surface area contributed by atoms with E-state index in [9.17, 15) is 0 Å². The zero-order valence-corrected chi connectivity index (χ0v) is 10.7. The summed E-state index contributed by atoms with van der Waals surface area (Å²) < 4.78 is 0. The molecular weight excluding hydrogens is 198 g/mol. The molecule has 16 heavy (non-hydrogen) atoms. The molecule has 2 saturated heterocycles. The van der Waals surface area contributed by atoms with Gasteiger partial charge in [-0.05, 0) is 64.8 Å². The van der Waals surface area contributed by atoms with Gasteiger partial charge < -0.3 is 15.5 Å². The molecule has 1 unspecified atom stereocenters. The summed E-state index contributed by atoms with van der Waals surface area (Å²) in [6, 6.07) is 0.787. The molecule has 0 radical (unpaired) electrons. The number of piperidine rings is 2. The Bertz CT molecular complexity index is 190. The van der Waals surface area contributed by atoms with Crippen LogP contribution in [-0.4, -0.2) is 50.7 Å². The van der Waals surface area contributed by atoms with E-state index in [1.54, 1.807) is 0 Å². The van der Waals surface area contributed by atoms with Gasteiger partial charge in [0.25, 0.3) is 0 Å². The maximum Gasteiger partial charge on any atom is 0.0217 e. The summed E-state index contributed by atoms with van der Waals surface area (Å²) in [5.41, 5.74) is 0. The lowest BCUT2D eigenvalue weighted by Crippen LogP contribution is -2.44. The van der Waals surface area contributed by atoms with Crippen molar-refractivity contribution >= 4 is 0 Å². The molecule has 2 aliphatic rings. The number of rotatable bonds is 4. The Labute approximate surface area is 100.0 Å². The highest BCUT2D eigenvalue weighted by Crippen LogP contribution is 2.14. The summed E-state index contributed by atoms with van der Waals surface area (Å²) in [4.78, 5) is 2.53. The second-order valence-corrected chi connectivity index (χ2v) is 5.48. The molecule has 2 N–H and O–H groups in total. The Kier molecular flexibility index (Phi) is 5.07. The summed E-state index contributed by atoms with van der Waals surface area (Å²) in [5, 5.41) is 7.11. The van der Waals surface area contributed by atoms with Gasteiger partial charge >= 0.3 is 0 Å². The van der Waals surface area contributed by atoms with Crippen LogP contribution in [0.2, 0.25) is 0 Å². The topological polar surface area (TPSA) is 27.3 Å². The van der Waals surface area contributed by atoms with Crippen LogP contribution in [0.15, 0.2) is 0 Å². The van der Waals surface area contributed by atoms with Crippen LogP contribution in [0.25, 0.3) is 0 Å². The van der Waals surface area contributed by atoms with Crippen LogP contribution in [0.1, 0.15) is 32.1 Å². The number of hydrogen-bond acceptors (Lipinski definition) is 3. The third-order valence-corrected chi connectivity index (χ3v) is 4.19. The van der Waals surface area contributed by atoms with Crippen LogP contribution in [-0.2, 0) is 0 Å². The molecule has 2 heterocycles. The van der Waals surface area contributed by atoms with Crippen LogP contribution < -0.4 is 10.6 Å². The normalized spacial score (nSPS) is 29.4. The molecule has 2 fully saturated rings. The molecule has 1 atom stereocenters. The van der Waals surface area contributed by atoms with Crippen molar-refractivity contribution in [2.24, 2.45) is 5.92 Å². The van der Waals surface area contributed by atoms with E-state index in [2.05, 4.69) is 22.6 Å². The molecule has 0 amide bonds. The molecule has 3 heteroatoms. The van der Waals surface area contributed by atoms with Crippen molar-refractivity contribution in [3.8, 4) is 0 Å². The van der Waals surface area contributed by atoms with Crippen molar-refractivity contribution in [1.82, 2.24) is 15.5 Å². The minimum atomic E-state index is 0.787. The zero-order chi connectivity index (χ0) is 11.2. The average molecular weight is 225 g/mol. The molecule has 0 aromatic rings. The van der Waals surface area contributed by atoms with Crippen LogP contribution in [0, 0.1) is 5.92 Å². The minimum absolute atomic E-state index is 0.787. The van der Waals surface area contributed by atoms with Gasteiger partial charge in [-0.25, -0.2) is 0 Å². The number of likely N-dealkylation sites (N-methyl/N-ethyl adjacent to an activating group) is 1. The van der Waals surface area contributed by atoms with E-state index >= 15 is 0 Å². The highest BCUT2D eigenvalue weighted by Gasteiger charge is 2.19. The first-order chi connectivity index (χ1) is 7.86. The van der Waals surface area contributed by atoms with Gasteiger partial charge in [0.15, 0.2) is 0 Å². The van der Waals surface area contributed by atoms with Gasteiger partial charge in [0.2, 0.25) is 0 Å². The van der Waals surface area contributed by atoms with Crippen LogP contribution in [0.3, 0.4) is 0 Å². The summed E-state index contributed by atoms with van der Waals surface area (Å²) >= 11 is 0. The molecule has 0 aromatic carbocycles. The third-order valence-electron chi connectivity index (χ3n) is 4.19. The Hall–Kier alpha value is -0.120.